The maximum atomic E-state index is 12.7. The second-order valence-electron chi connectivity index (χ2n) is 6.74. The number of para-hydroxylation sites is 1. The third-order valence-electron chi connectivity index (χ3n) is 5.11. The Bertz CT molecular complexity index is 757. The molecule has 3 heterocycles. The highest BCUT2D eigenvalue weighted by Gasteiger charge is 2.47. The van der Waals surface area contributed by atoms with Crippen LogP contribution in [0.2, 0.25) is 0 Å². The molecule has 0 saturated carbocycles. The van der Waals surface area contributed by atoms with Crippen molar-refractivity contribution in [1.82, 2.24) is 20.0 Å². The number of nitrogens with one attached hydrogen (secondary N) is 1. The number of aryl methyl sites for hydroxylation is 1. The zero-order valence-corrected chi connectivity index (χ0v) is 14.0. The molecule has 0 aliphatic carbocycles. The van der Waals surface area contributed by atoms with Crippen molar-refractivity contribution in [2.24, 2.45) is 18.9 Å². The minimum atomic E-state index is -0.0509. The summed E-state index contributed by atoms with van der Waals surface area (Å²) in [4.78, 5) is 15.0. The fourth-order valence-corrected chi connectivity index (χ4v) is 3.98. The summed E-state index contributed by atoms with van der Waals surface area (Å²) >= 11 is 0. The lowest BCUT2D eigenvalue weighted by Crippen LogP contribution is -2.37. The lowest BCUT2D eigenvalue weighted by molar-refractivity contribution is -0.126. The van der Waals surface area contributed by atoms with Gasteiger partial charge in [0.25, 0.3) is 0 Å². The van der Waals surface area contributed by atoms with Gasteiger partial charge in [-0.2, -0.15) is 5.10 Å². The van der Waals surface area contributed by atoms with Crippen molar-refractivity contribution in [3.8, 4) is 5.75 Å². The van der Waals surface area contributed by atoms with Gasteiger partial charge in [-0.25, -0.2) is 0 Å². The fraction of sp³-hybridized carbons (Fsp3) is 0.444. The van der Waals surface area contributed by atoms with Gasteiger partial charge in [0.05, 0.1) is 18.7 Å². The summed E-state index contributed by atoms with van der Waals surface area (Å²) < 4.78 is 7.66. The van der Waals surface area contributed by atoms with Crippen LogP contribution in [-0.2, 0) is 18.4 Å². The van der Waals surface area contributed by atoms with E-state index in [0.29, 0.717) is 13.2 Å². The number of nitrogens with zero attached hydrogens (tertiary/aromatic N) is 3. The minimum absolute atomic E-state index is 0.0509. The van der Waals surface area contributed by atoms with Crippen LogP contribution < -0.4 is 10.1 Å². The molecule has 24 heavy (non-hydrogen) atoms. The zero-order chi connectivity index (χ0) is 16.7. The molecule has 0 bridgehead atoms. The summed E-state index contributed by atoms with van der Waals surface area (Å²) in [5, 5.41) is 7.19. The van der Waals surface area contributed by atoms with Gasteiger partial charge in [0.2, 0.25) is 5.91 Å². The smallest absolute Gasteiger partial charge is 0.225 e. The number of benzene rings is 1. The maximum absolute atomic E-state index is 12.7. The van der Waals surface area contributed by atoms with Gasteiger partial charge in [-0.1, -0.05) is 18.2 Å². The highest BCUT2D eigenvalue weighted by Crippen LogP contribution is 2.46. The van der Waals surface area contributed by atoms with Crippen LogP contribution in [0.25, 0.3) is 0 Å². The van der Waals surface area contributed by atoms with Crippen molar-refractivity contribution in [3.05, 3.63) is 47.8 Å². The van der Waals surface area contributed by atoms with Crippen LogP contribution in [0.5, 0.6) is 5.75 Å². The first-order valence-electron chi connectivity index (χ1n) is 8.30. The quantitative estimate of drug-likeness (QED) is 0.925. The first-order chi connectivity index (χ1) is 11.6. The van der Waals surface area contributed by atoms with Gasteiger partial charge in [-0.15, -0.1) is 0 Å². The Balaban J connectivity index is 1.48. The van der Waals surface area contributed by atoms with Crippen molar-refractivity contribution in [3.63, 3.8) is 0 Å². The molecule has 1 aromatic heterocycles. The van der Waals surface area contributed by atoms with Gasteiger partial charge in [0, 0.05) is 49.4 Å². The summed E-state index contributed by atoms with van der Waals surface area (Å²) in [7, 11) is 3.97. The molecule has 6 nitrogen and oxygen atoms in total. The molecule has 2 aliphatic rings. The van der Waals surface area contributed by atoms with Gasteiger partial charge >= 0.3 is 0 Å². The molecule has 4 rings (SSSR count). The number of carbonyl (C=O) groups is 1. The molecule has 2 aliphatic heterocycles. The second kappa shape index (κ2) is 5.94. The van der Waals surface area contributed by atoms with E-state index in [1.807, 2.05) is 31.4 Å². The van der Waals surface area contributed by atoms with Crippen LogP contribution in [0.4, 0.5) is 0 Å². The topological polar surface area (TPSA) is 59.4 Å². The highest BCUT2D eigenvalue weighted by atomic mass is 16.5. The number of carbonyl (C=O) groups excluding carboxylic acids is 1. The average Bonchev–Trinajstić information content (AvgIpc) is 3.16. The molecule has 1 fully saturated rings. The van der Waals surface area contributed by atoms with E-state index in [2.05, 4.69) is 28.4 Å². The van der Waals surface area contributed by atoms with E-state index < -0.39 is 0 Å². The van der Waals surface area contributed by atoms with Crippen LogP contribution in [0.3, 0.4) is 0 Å². The van der Waals surface area contributed by atoms with Crippen molar-refractivity contribution >= 4 is 5.91 Å². The summed E-state index contributed by atoms with van der Waals surface area (Å²) in [6, 6.07) is 8.40. The SMILES string of the molecule is CN1C[C@@H](C(=O)NCc2cnn(C)c2)[C@@H]2COc3ccccc3[C@@H]21. The molecule has 6 heteroatoms. The Kier molecular flexibility index (Phi) is 3.76. The summed E-state index contributed by atoms with van der Waals surface area (Å²) in [5.74, 6) is 1.19. The van der Waals surface area contributed by atoms with Crippen molar-refractivity contribution in [2.75, 3.05) is 20.2 Å². The predicted molar refractivity (Wildman–Crippen MR) is 89.3 cm³/mol. The van der Waals surface area contributed by atoms with Gasteiger partial charge in [-0.3, -0.25) is 14.4 Å². The lowest BCUT2D eigenvalue weighted by atomic mass is 9.85. The molecule has 1 aromatic carbocycles. The molecular formula is C18H22N4O2. The van der Waals surface area contributed by atoms with Crippen molar-refractivity contribution in [1.29, 1.82) is 0 Å². The second-order valence-corrected chi connectivity index (χ2v) is 6.74. The molecular weight excluding hydrogens is 304 g/mol. The number of likely N-dealkylation sites (tertiary alicyclic amines) is 1. The summed E-state index contributed by atoms with van der Waals surface area (Å²) in [6.45, 7) is 1.87. The monoisotopic (exact) mass is 326 g/mol. The first-order valence-corrected chi connectivity index (χ1v) is 8.30. The summed E-state index contributed by atoms with van der Waals surface area (Å²) in [5.41, 5.74) is 2.21. The van der Waals surface area contributed by atoms with Gasteiger partial charge in [0.1, 0.15) is 5.75 Å². The number of amides is 1. The largest absolute Gasteiger partial charge is 0.493 e. The van der Waals surface area contributed by atoms with E-state index in [0.717, 1.165) is 17.9 Å². The number of aromatic nitrogens is 2. The molecule has 3 atom stereocenters. The molecule has 1 amide bonds. The third kappa shape index (κ3) is 2.57. The van der Waals surface area contributed by atoms with Gasteiger partial charge in [0.15, 0.2) is 0 Å². The molecule has 126 valence electrons. The number of rotatable bonds is 3. The first kappa shape index (κ1) is 15.2. The van der Waals surface area contributed by atoms with Crippen molar-refractivity contribution < 1.29 is 9.53 Å². The van der Waals surface area contributed by atoms with E-state index in [-0.39, 0.29) is 23.8 Å². The molecule has 2 aromatic rings. The van der Waals surface area contributed by atoms with E-state index in [1.165, 1.54) is 5.56 Å². The number of hydrogen-bond donors (Lipinski definition) is 1. The van der Waals surface area contributed by atoms with Crippen LogP contribution in [0.15, 0.2) is 36.7 Å². The fourth-order valence-electron chi connectivity index (χ4n) is 3.98. The Morgan fingerprint density at radius 1 is 1.38 bits per heavy atom. The van der Waals surface area contributed by atoms with Crippen LogP contribution in [0.1, 0.15) is 17.2 Å². The molecule has 0 unspecified atom stereocenters. The molecule has 1 N–H and O–H groups in total. The van der Waals surface area contributed by atoms with Gasteiger partial charge < -0.3 is 10.1 Å². The van der Waals surface area contributed by atoms with Crippen LogP contribution >= 0.6 is 0 Å². The Morgan fingerprint density at radius 2 is 2.21 bits per heavy atom. The maximum Gasteiger partial charge on any atom is 0.225 e. The molecule has 0 spiro atoms. The normalized spacial score (nSPS) is 25.7. The average molecular weight is 326 g/mol. The van der Waals surface area contributed by atoms with Gasteiger partial charge in [-0.05, 0) is 13.1 Å². The van der Waals surface area contributed by atoms with Crippen LogP contribution in [0, 0.1) is 11.8 Å². The molecule has 0 radical (unpaired) electrons. The molecule has 1 saturated heterocycles. The van der Waals surface area contributed by atoms with E-state index in [4.69, 9.17) is 4.74 Å². The highest BCUT2D eigenvalue weighted by molar-refractivity contribution is 5.80. The standard InChI is InChI=1S/C18H22N4O2/c1-21-10-14(18(23)19-7-12-8-20-22(2)9-12)15-11-24-16-6-4-3-5-13(16)17(15)21/h3-6,8-9,14-15,17H,7,10-11H2,1-2H3,(H,19,23)/t14-,15+,17+/m1/s1. The Hall–Kier alpha value is -2.34. The van der Waals surface area contributed by atoms with Crippen molar-refractivity contribution in [2.45, 2.75) is 12.6 Å². The lowest BCUT2D eigenvalue weighted by Gasteiger charge is -2.32. The predicted octanol–water partition coefficient (Wildman–Crippen LogP) is 1.35. The third-order valence-corrected chi connectivity index (χ3v) is 5.11. The Labute approximate surface area is 141 Å². The van der Waals surface area contributed by atoms with E-state index >= 15 is 0 Å². The number of hydrogen-bond acceptors (Lipinski definition) is 4. The number of ether oxygens (including phenoxy) is 1. The van der Waals surface area contributed by atoms with Crippen LogP contribution in [-0.4, -0.2) is 40.8 Å². The minimum Gasteiger partial charge on any atom is -0.493 e. The zero-order valence-electron chi connectivity index (χ0n) is 14.0. The summed E-state index contributed by atoms with van der Waals surface area (Å²) in [6.07, 6.45) is 3.70. The van der Waals surface area contributed by atoms with E-state index in [1.54, 1.807) is 10.9 Å². The van der Waals surface area contributed by atoms with E-state index in [9.17, 15) is 4.79 Å². The number of fused-ring (bicyclic) bond motifs is 3. The Morgan fingerprint density at radius 3 is 3.00 bits per heavy atom.